The Labute approximate surface area is 110 Å². The van der Waals surface area contributed by atoms with Crippen molar-refractivity contribution in [3.05, 3.63) is 29.3 Å². The van der Waals surface area contributed by atoms with Crippen LogP contribution in [0, 0.1) is 0 Å². The van der Waals surface area contributed by atoms with Crippen molar-refractivity contribution < 1.29 is 0 Å². The van der Waals surface area contributed by atoms with Gasteiger partial charge >= 0.3 is 0 Å². The molecule has 1 aromatic carbocycles. The number of benzene rings is 1. The van der Waals surface area contributed by atoms with Crippen LogP contribution < -0.4 is 16.0 Å². The van der Waals surface area contributed by atoms with E-state index in [2.05, 4.69) is 20.3 Å². The standard InChI is InChI=1S/C11H13ClN6/c1-18(2)11-16-9(13)15-10(17-11)14-8-5-3-4-7(12)6-8/h3-6H,1-2H3,(H3,13,14,15,16,17). The summed E-state index contributed by atoms with van der Waals surface area (Å²) in [6, 6.07) is 7.26. The lowest BCUT2D eigenvalue weighted by Crippen LogP contribution is -2.15. The normalized spacial score (nSPS) is 10.2. The van der Waals surface area contributed by atoms with E-state index in [1.165, 1.54) is 0 Å². The molecule has 0 aliphatic heterocycles. The number of nitrogens with two attached hydrogens (primary N) is 1. The van der Waals surface area contributed by atoms with Gasteiger partial charge in [0.25, 0.3) is 0 Å². The summed E-state index contributed by atoms with van der Waals surface area (Å²) in [5.41, 5.74) is 6.42. The van der Waals surface area contributed by atoms with Crippen molar-refractivity contribution in [2.45, 2.75) is 0 Å². The maximum absolute atomic E-state index is 5.90. The van der Waals surface area contributed by atoms with Gasteiger partial charge in [0.05, 0.1) is 0 Å². The van der Waals surface area contributed by atoms with Crippen LogP contribution in [0.1, 0.15) is 0 Å². The maximum atomic E-state index is 5.90. The van der Waals surface area contributed by atoms with Gasteiger partial charge in [-0.25, -0.2) is 0 Å². The van der Waals surface area contributed by atoms with Crippen LogP contribution in [0.3, 0.4) is 0 Å². The van der Waals surface area contributed by atoms with Crippen molar-refractivity contribution in [1.29, 1.82) is 0 Å². The number of hydrogen-bond donors (Lipinski definition) is 2. The summed E-state index contributed by atoms with van der Waals surface area (Å²) >= 11 is 5.90. The molecule has 1 heterocycles. The molecule has 6 nitrogen and oxygen atoms in total. The smallest absolute Gasteiger partial charge is 0.233 e. The van der Waals surface area contributed by atoms with Crippen LogP contribution in [0.4, 0.5) is 23.5 Å². The molecule has 0 aliphatic rings. The van der Waals surface area contributed by atoms with E-state index in [4.69, 9.17) is 17.3 Å². The molecule has 94 valence electrons. The van der Waals surface area contributed by atoms with Crippen molar-refractivity contribution in [1.82, 2.24) is 15.0 Å². The van der Waals surface area contributed by atoms with E-state index in [0.717, 1.165) is 5.69 Å². The fourth-order valence-corrected chi connectivity index (χ4v) is 1.52. The Morgan fingerprint density at radius 2 is 2.00 bits per heavy atom. The third-order valence-corrected chi connectivity index (χ3v) is 2.36. The fraction of sp³-hybridized carbons (Fsp3) is 0.182. The van der Waals surface area contributed by atoms with E-state index in [1.807, 2.05) is 26.2 Å². The number of anilines is 4. The first-order valence-corrected chi connectivity index (χ1v) is 5.64. The molecule has 18 heavy (non-hydrogen) atoms. The highest BCUT2D eigenvalue weighted by Gasteiger charge is 2.06. The topological polar surface area (TPSA) is 80.0 Å². The van der Waals surface area contributed by atoms with Gasteiger partial charge in [0.2, 0.25) is 17.8 Å². The molecule has 0 unspecified atom stereocenters. The van der Waals surface area contributed by atoms with Gasteiger partial charge in [0.15, 0.2) is 0 Å². The molecule has 0 amide bonds. The third-order valence-electron chi connectivity index (χ3n) is 2.12. The summed E-state index contributed by atoms with van der Waals surface area (Å²) in [5.74, 6) is 1.04. The largest absolute Gasteiger partial charge is 0.368 e. The zero-order chi connectivity index (χ0) is 13.1. The van der Waals surface area contributed by atoms with Crippen LogP contribution in [0.15, 0.2) is 24.3 Å². The number of rotatable bonds is 3. The van der Waals surface area contributed by atoms with E-state index >= 15 is 0 Å². The average molecular weight is 265 g/mol. The summed E-state index contributed by atoms with van der Waals surface area (Å²) in [6.07, 6.45) is 0. The summed E-state index contributed by atoms with van der Waals surface area (Å²) in [6.45, 7) is 0. The Balaban J connectivity index is 2.29. The predicted molar refractivity (Wildman–Crippen MR) is 73.3 cm³/mol. The Morgan fingerprint density at radius 1 is 1.22 bits per heavy atom. The Bertz CT molecular complexity index is 557. The Kier molecular flexibility index (Phi) is 3.47. The van der Waals surface area contributed by atoms with Gasteiger partial charge in [-0.05, 0) is 18.2 Å². The van der Waals surface area contributed by atoms with Gasteiger partial charge in [-0.2, -0.15) is 15.0 Å². The first-order chi connectivity index (χ1) is 8.54. The van der Waals surface area contributed by atoms with Crippen LogP contribution >= 0.6 is 11.6 Å². The molecular formula is C11H13ClN6. The molecular weight excluding hydrogens is 252 g/mol. The molecule has 0 bridgehead atoms. The van der Waals surface area contributed by atoms with E-state index in [9.17, 15) is 0 Å². The van der Waals surface area contributed by atoms with Crippen molar-refractivity contribution in [2.24, 2.45) is 0 Å². The second kappa shape index (κ2) is 5.05. The number of nitrogen functional groups attached to an aromatic ring is 1. The zero-order valence-electron chi connectivity index (χ0n) is 10.1. The molecule has 0 spiro atoms. The molecule has 0 atom stereocenters. The van der Waals surface area contributed by atoms with E-state index < -0.39 is 0 Å². The number of halogens is 1. The van der Waals surface area contributed by atoms with Gasteiger partial charge in [0, 0.05) is 24.8 Å². The van der Waals surface area contributed by atoms with Crippen LogP contribution in [0.25, 0.3) is 0 Å². The van der Waals surface area contributed by atoms with Gasteiger partial charge in [0.1, 0.15) is 0 Å². The number of nitrogens with one attached hydrogen (secondary N) is 1. The first-order valence-electron chi connectivity index (χ1n) is 5.26. The summed E-state index contributed by atoms with van der Waals surface area (Å²) in [7, 11) is 3.66. The monoisotopic (exact) mass is 264 g/mol. The Morgan fingerprint density at radius 3 is 2.67 bits per heavy atom. The third kappa shape index (κ3) is 2.98. The maximum Gasteiger partial charge on any atom is 0.233 e. The molecule has 2 rings (SSSR count). The van der Waals surface area contributed by atoms with Crippen molar-refractivity contribution in [3.63, 3.8) is 0 Å². The SMILES string of the molecule is CN(C)c1nc(N)nc(Nc2cccc(Cl)c2)n1. The highest BCUT2D eigenvalue weighted by molar-refractivity contribution is 6.30. The van der Waals surface area contributed by atoms with Crippen molar-refractivity contribution in [2.75, 3.05) is 30.0 Å². The molecule has 0 fully saturated rings. The first kappa shape index (κ1) is 12.4. The molecule has 2 aromatic rings. The van der Waals surface area contributed by atoms with Crippen LogP contribution in [0.2, 0.25) is 5.02 Å². The van der Waals surface area contributed by atoms with E-state index in [-0.39, 0.29) is 5.95 Å². The highest BCUT2D eigenvalue weighted by Crippen LogP contribution is 2.19. The Hall–Kier alpha value is -2.08. The van der Waals surface area contributed by atoms with E-state index in [1.54, 1.807) is 17.0 Å². The predicted octanol–water partition coefficient (Wildman–Crippen LogP) is 1.92. The molecule has 0 aliphatic carbocycles. The van der Waals surface area contributed by atoms with Gasteiger partial charge in [-0.15, -0.1) is 0 Å². The summed E-state index contributed by atoms with van der Waals surface area (Å²) in [4.78, 5) is 14.0. The number of nitrogens with zero attached hydrogens (tertiary/aromatic N) is 4. The van der Waals surface area contributed by atoms with Gasteiger partial charge in [-0.1, -0.05) is 17.7 Å². The number of hydrogen-bond acceptors (Lipinski definition) is 6. The highest BCUT2D eigenvalue weighted by atomic mass is 35.5. The van der Waals surface area contributed by atoms with Gasteiger partial charge in [-0.3, -0.25) is 0 Å². The zero-order valence-corrected chi connectivity index (χ0v) is 10.8. The minimum absolute atomic E-state index is 0.165. The molecule has 7 heteroatoms. The molecule has 0 saturated carbocycles. The molecule has 3 N–H and O–H groups in total. The minimum Gasteiger partial charge on any atom is -0.368 e. The average Bonchev–Trinajstić information content (AvgIpc) is 2.28. The van der Waals surface area contributed by atoms with E-state index in [0.29, 0.717) is 16.9 Å². The second-order valence-electron chi connectivity index (χ2n) is 3.85. The lowest BCUT2D eigenvalue weighted by Gasteiger charge is -2.12. The van der Waals surface area contributed by atoms with Gasteiger partial charge < -0.3 is 16.0 Å². The second-order valence-corrected chi connectivity index (χ2v) is 4.28. The van der Waals surface area contributed by atoms with Crippen molar-refractivity contribution >= 4 is 35.1 Å². The molecule has 0 radical (unpaired) electrons. The lowest BCUT2D eigenvalue weighted by molar-refractivity contribution is 0.969. The molecule has 1 aromatic heterocycles. The van der Waals surface area contributed by atoms with Crippen molar-refractivity contribution in [3.8, 4) is 0 Å². The van der Waals surface area contributed by atoms with Crippen LogP contribution in [0.5, 0.6) is 0 Å². The quantitative estimate of drug-likeness (QED) is 0.882. The number of aromatic nitrogens is 3. The minimum atomic E-state index is 0.165. The summed E-state index contributed by atoms with van der Waals surface area (Å²) in [5, 5.41) is 3.66. The summed E-state index contributed by atoms with van der Waals surface area (Å²) < 4.78 is 0. The van der Waals surface area contributed by atoms with Crippen LogP contribution in [-0.4, -0.2) is 29.0 Å². The van der Waals surface area contributed by atoms with Crippen LogP contribution in [-0.2, 0) is 0 Å². The fourth-order valence-electron chi connectivity index (χ4n) is 1.33. The molecule has 0 saturated heterocycles. The lowest BCUT2D eigenvalue weighted by atomic mass is 10.3.